The molecule has 8 heteroatoms. The van der Waals surface area contributed by atoms with Gasteiger partial charge in [0.2, 0.25) is 11.8 Å². The van der Waals surface area contributed by atoms with Crippen LogP contribution in [-0.2, 0) is 22.4 Å². The number of hydrogen-bond acceptors (Lipinski definition) is 3. The largest absolute Gasteiger partial charge is 0.408 e. The number of hydrogen-bond donors (Lipinski definition) is 3. The summed E-state index contributed by atoms with van der Waals surface area (Å²) >= 11 is 0. The fourth-order valence-corrected chi connectivity index (χ4v) is 4.01. The summed E-state index contributed by atoms with van der Waals surface area (Å²) in [6, 6.07) is 3.58. The molecule has 1 aliphatic carbocycles. The van der Waals surface area contributed by atoms with Crippen LogP contribution in [0.1, 0.15) is 48.4 Å². The zero-order valence-corrected chi connectivity index (χ0v) is 14.8. The number of fused-ring (bicyclic) bond motifs is 1. The third-order valence-corrected chi connectivity index (χ3v) is 5.39. The highest BCUT2D eigenvalue weighted by atomic mass is 19.4. The lowest BCUT2D eigenvalue weighted by molar-refractivity contribution is -0.171. The average molecular weight is 384 g/mol. The molecule has 1 saturated heterocycles. The Morgan fingerprint density at radius 3 is 2.70 bits per heavy atom. The second kappa shape index (κ2) is 7.88. The maximum Gasteiger partial charge on any atom is 0.408 e. The molecule has 27 heavy (non-hydrogen) atoms. The van der Waals surface area contributed by atoms with Crippen molar-refractivity contribution in [3.63, 3.8) is 0 Å². The van der Waals surface area contributed by atoms with Crippen LogP contribution >= 0.6 is 0 Å². The molecule has 3 N–H and O–H groups in total. The minimum atomic E-state index is -4.50. The molecule has 0 aromatic heterocycles. The van der Waals surface area contributed by atoms with Crippen LogP contribution in [0.4, 0.5) is 13.2 Å². The lowest BCUT2D eigenvalue weighted by Crippen LogP contribution is -2.54. The van der Waals surface area contributed by atoms with Crippen molar-refractivity contribution >= 4 is 11.8 Å². The Kier molecular flexibility index (Phi) is 5.74. The van der Waals surface area contributed by atoms with E-state index in [-0.39, 0.29) is 25.5 Å². The van der Waals surface area contributed by atoms with E-state index < -0.39 is 30.0 Å². The molecule has 0 saturated carbocycles. The van der Waals surface area contributed by atoms with Crippen LogP contribution in [0.5, 0.6) is 0 Å². The molecule has 3 atom stereocenters. The van der Waals surface area contributed by atoms with Gasteiger partial charge in [0.15, 0.2) is 0 Å². The first-order chi connectivity index (χ1) is 12.8. The van der Waals surface area contributed by atoms with E-state index >= 15 is 0 Å². The lowest BCUT2D eigenvalue weighted by atomic mass is 9.83. The first-order valence-electron chi connectivity index (χ1n) is 9.20. The molecule has 3 rings (SSSR count). The molecule has 1 fully saturated rings. The Morgan fingerprint density at radius 1 is 1.26 bits per heavy atom. The van der Waals surface area contributed by atoms with Gasteiger partial charge in [0.05, 0.1) is 6.04 Å². The number of halogens is 3. The molecule has 1 aromatic rings. The molecule has 2 aliphatic rings. The van der Waals surface area contributed by atoms with Gasteiger partial charge in [-0.15, -0.1) is 0 Å². The second-order valence-electron chi connectivity index (χ2n) is 7.14. The average Bonchev–Trinajstić information content (AvgIpc) is 2.61. The molecule has 1 heterocycles. The van der Waals surface area contributed by atoms with E-state index in [1.165, 1.54) is 0 Å². The van der Waals surface area contributed by atoms with E-state index in [9.17, 15) is 27.9 Å². The van der Waals surface area contributed by atoms with Crippen molar-refractivity contribution < 1.29 is 27.9 Å². The summed E-state index contributed by atoms with van der Waals surface area (Å²) in [4.78, 5) is 24.6. The summed E-state index contributed by atoms with van der Waals surface area (Å²) < 4.78 is 38.2. The van der Waals surface area contributed by atoms with Gasteiger partial charge in [0, 0.05) is 6.61 Å². The molecule has 2 amide bonds. The maximum absolute atomic E-state index is 12.7. The fourth-order valence-electron chi connectivity index (χ4n) is 4.01. The van der Waals surface area contributed by atoms with Gasteiger partial charge >= 0.3 is 6.18 Å². The highest BCUT2D eigenvalue weighted by molar-refractivity contribution is 6.01. The number of carbonyl (C=O) groups excluding carboxylic acids is 2. The van der Waals surface area contributed by atoms with E-state index in [2.05, 4.69) is 5.32 Å². The third kappa shape index (κ3) is 4.26. The molecular formula is C19H23F3N2O3. The number of benzene rings is 1. The summed E-state index contributed by atoms with van der Waals surface area (Å²) in [5.41, 5.74) is 3.11. The monoisotopic (exact) mass is 384 g/mol. The summed E-state index contributed by atoms with van der Waals surface area (Å²) in [6.45, 7) is 0.0378. The number of aliphatic hydroxyl groups excluding tert-OH is 1. The molecule has 5 nitrogen and oxygen atoms in total. The molecule has 0 bridgehead atoms. The molecule has 0 radical (unpaired) electrons. The minimum absolute atomic E-state index is 0.0378. The molecule has 3 unspecified atom stereocenters. The molecule has 1 aliphatic heterocycles. The van der Waals surface area contributed by atoms with Crippen LogP contribution < -0.4 is 10.6 Å². The smallest absolute Gasteiger partial charge is 0.396 e. The van der Waals surface area contributed by atoms with Crippen molar-refractivity contribution in [2.45, 2.75) is 56.8 Å². The van der Waals surface area contributed by atoms with Gasteiger partial charge < -0.3 is 15.7 Å². The van der Waals surface area contributed by atoms with Gasteiger partial charge in [0.25, 0.3) is 0 Å². The van der Waals surface area contributed by atoms with Crippen LogP contribution in [-0.4, -0.2) is 35.7 Å². The van der Waals surface area contributed by atoms with E-state index in [0.717, 1.165) is 29.5 Å². The first-order valence-corrected chi connectivity index (χ1v) is 9.20. The number of piperidine rings is 1. The molecule has 1 aromatic carbocycles. The van der Waals surface area contributed by atoms with Crippen molar-refractivity contribution in [1.82, 2.24) is 10.6 Å². The van der Waals surface area contributed by atoms with Gasteiger partial charge in [-0.3, -0.25) is 9.59 Å². The zero-order valence-electron chi connectivity index (χ0n) is 14.8. The zero-order chi connectivity index (χ0) is 19.6. The summed E-state index contributed by atoms with van der Waals surface area (Å²) in [5.74, 6) is -2.50. The lowest BCUT2D eigenvalue weighted by Gasteiger charge is -2.32. The molecule has 0 spiro atoms. The normalized spacial score (nSPS) is 25.5. The third-order valence-electron chi connectivity index (χ3n) is 5.39. The number of rotatable bonds is 4. The van der Waals surface area contributed by atoms with Crippen LogP contribution in [0, 0.1) is 5.92 Å². The van der Waals surface area contributed by atoms with Crippen molar-refractivity contribution in [3.05, 3.63) is 34.9 Å². The summed E-state index contributed by atoms with van der Waals surface area (Å²) in [7, 11) is 0. The Morgan fingerprint density at radius 2 is 2.04 bits per heavy atom. The number of aliphatic hydroxyl groups is 1. The van der Waals surface area contributed by atoms with Gasteiger partial charge in [-0.05, 0) is 55.2 Å². The predicted octanol–water partition coefficient (Wildman–Crippen LogP) is 2.17. The Labute approximate surface area is 155 Å². The number of carbonyl (C=O) groups is 2. The first kappa shape index (κ1) is 19.7. The Balaban J connectivity index is 1.70. The van der Waals surface area contributed by atoms with E-state index in [1.54, 1.807) is 0 Å². The van der Waals surface area contributed by atoms with Gasteiger partial charge in [0.1, 0.15) is 12.0 Å². The van der Waals surface area contributed by atoms with E-state index in [0.29, 0.717) is 12.8 Å². The second-order valence-corrected chi connectivity index (χ2v) is 7.14. The number of amides is 2. The van der Waals surface area contributed by atoms with Crippen molar-refractivity contribution in [3.8, 4) is 0 Å². The maximum atomic E-state index is 12.7. The van der Waals surface area contributed by atoms with E-state index in [1.807, 2.05) is 23.5 Å². The van der Waals surface area contributed by atoms with Crippen molar-refractivity contribution in [2.75, 3.05) is 6.61 Å². The number of nitrogens with one attached hydrogen (secondary N) is 2. The summed E-state index contributed by atoms with van der Waals surface area (Å²) in [5, 5.41) is 14.0. The topological polar surface area (TPSA) is 78.4 Å². The molecule has 148 valence electrons. The summed E-state index contributed by atoms with van der Waals surface area (Å²) in [6.07, 6.45) is -1.96. The fraction of sp³-hybridized carbons (Fsp3) is 0.579. The van der Waals surface area contributed by atoms with Crippen molar-refractivity contribution in [1.29, 1.82) is 0 Å². The molecular weight excluding hydrogens is 361 g/mol. The Bertz CT molecular complexity index is 721. The van der Waals surface area contributed by atoms with Crippen LogP contribution in [0.2, 0.25) is 0 Å². The SMILES string of the molecule is O=C(NC1CCCc2c(CCO)cccc21)C1CCC(C(F)(F)F)NC1=O. The Hall–Kier alpha value is -2.09. The minimum Gasteiger partial charge on any atom is -0.396 e. The van der Waals surface area contributed by atoms with Crippen LogP contribution in [0.15, 0.2) is 18.2 Å². The van der Waals surface area contributed by atoms with Gasteiger partial charge in [-0.25, -0.2) is 0 Å². The highest BCUT2D eigenvalue weighted by Crippen LogP contribution is 2.33. The standard InChI is InChI=1S/C19H23F3N2O3/c20-19(21,22)16-8-7-14(18(27)24-16)17(26)23-15-6-2-4-12-11(9-10-25)3-1-5-13(12)15/h1,3,5,14-16,25H,2,4,6-10H2,(H,23,26)(H,24,27). The van der Waals surface area contributed by atoms with Gasteiger partial charge in [-0.1, -0.05) is 18.2 Å². The van der Waals surface area contributed by atoms with Crippen LogP contribution in [0.3, 0.4) is 0 Å². The quantitative estimate of drug-likeness (QED) is 0.697. The highest BCUT2D eigenvalue weighted by Gasteiger charge is 2.46. The van der Waals surface area contributed by atoms with Crippen LogP contribution in [0.25, 0.3) is 0 Å². The number of alkyl halides is 3. The predicted molar refractivity (Wildman–Crippen MR) is 91.8 cm³/mol. The van der Waals surface area contributed by atoms with Crippen molar-refractivity contribution in [2.24, 2.45) is 5.92 Å². The van der Waals surface area contributed by atoms with E-state index in [4.69, 9.17) is 0 Å². The van der Waals surface area contributed by atoms with Gasteiger partial charge in [-0.2, -0.15) is 13.2 Å².